The van der Waals surface area contributed by atoms with Crippen LogP contribution in [-0.2, 0) is 4.79 Å². The summed E-state index contributed by atoms with van der Waals surface area (Å²) in [6.07, 6.45) is 7.29. The van der Waals surface area contributed by atoms with Crippen molar-refractivity contribution in [1.82, 2.24) is 10.2 Å². The number of aldehydes is 1. The fraction of sp³-hybridized carbons (Fsp3) is 0.400. The topological polar surface area (TPSA) is 32.3 Å². The minimum atomic E-state index is 0.684. The molecular formula is C15H24N2O. The van der Waals surface area contributed by atoms with Crippen LogP contribution in [0.1, 0.15) is 27.2 Å². The van der Waals surface area contributed by atoms with E-state index in [0.717, 1.165) is 31.5 Å². The van der Waals surface area contributed by atoms with E-state index in [2.05, 4.69) is 38.5 Å². The van der Waals surface area contributed by atoms with Crippen LogP contribution in [0.4, 0.5) is 0 Å². The molecule has 0 heterocycles. The van der Waals surface area contributed by atoms with Gasteiger partial charge in [-0.25, -0.2) is 0 Å². The Morgan fingerprint density at radius 2 is 2.00 bits per heavy atom. The Bertz CT molecular complexity index is 354. The number of carbonyl (C=O) groups is 1. The van der Waals surface area contributed by atoms with Gasteiger partial charge in [0.15, 0.2) is 0 Å². The number of hydrogen-bond donors (Lipinski definition) is 1. The first kappa shape index (κ1) is 16.2. The molecule has 0 aliphatic rings. The van der Waals surface area contributed by atoms with E-state index in [1.165, 1.54) is 5.57 Å². The van der Waals surface area contributed by atoms with Crippen molar-refractivity contribution in [3.8, 4) is 0 Å². The van der Waals surface area contributed by atoms with Crippen molar-refractivity contribution in [2.75, 3.05) is 13.1 Å². The third-order valence-corrected chi connectivity index (χ3v) is 2.66. The molecule has 0 aliphatic heterocycles. The molecule has 0 saturated carbocycles. The molecule has 0 saturated heterocycles. The molecule has 3 nitrogen and oxygen atoms in total. The van der Waals surface area contributed by atoms with E-state index in [4.69, 9.17) is 0 Å². The summed E-state index contributed by atoms with van der Waals surface area (Å²) in [6, 6.07) is 0. The van der Waals surface area contributed by atoms with Gasteiger partial charge in [-0.3, -0.25) is 4.79 Å². The minimum absolute atomic E-state index is 0.684. The molecule has 0 radical (unpaired) electrons. The van der Waals surface area contributed by atoms with Crippen molar-refractivity contribution in [3.05, 3.63) is 48.5 Å². The average Bonchev–Trinajstić information content (AvgIpc) is 2.38. The third-order valence-electron chi connectivity index (χ3n) is 2.66. The molecule has 100 valence electrons. The van der Waals surface area contributed by atoms with Gasteiger partial charge in [-0.15, -0.1) is 0 Å². The quantitative estimate of drug-likeness (QED) is 0.295. The van der Waals surface area contributed by atoms with Crippen LogP contribution >= 0.6 is 0 Å². The molecule has 0 aliphatic carbocycles. The van der Waals surface area contributed by atoms with Crippen LogP contribution in [0.2, 0.25) is 0 Å². The van der Waals surface area contributed by atoms with Gasteiger partial charge in [0.2, 0.25) is 0 Å². The molecule has 0 aromatic carbocycles. The second-order valence-corrected chi connectivity index (χ2v) is 4.07. The highest BCUT2D eigenvalue weighted by atomic mass is 16.1. The first-order chi connectivity index (χ1) is 8.60. The zero-order valence-electron chi connectivity index (χ0n) is 11.7. The number of rotatable bonds is 9. The third kappa shape index (κ3) is 5.53. The Morgan fingerprint density at radius 1 is 1.33 bits per heavy atom. The Hall–Kier alpha value is -1.77. The Labute approximate surface area is 111 Å². The number of nitrogens with zero attached hydrogens (tertiary/aromatic N) is 1. The minimum Gasteiger partial charge on any atom is -0.390 e. The van der Waals surface area contributed by atoms with Crippen molar-refractivity contribution >= 4 is 6.29 Å². The SMILES string of the molecule is C=CNCCN(/C=C(\C)CC)/C(C=C)=C(/C)C=O. The molecule has 0 rings (SSSR count). The monoisotopic (exact) mass is 248 g/mol. The molecule has 0 aromatic heterocycles. The number of carbonyl (C=O) groups excluding carboxylic acids is 1. The van der Waals surface area contributed by atoms with Crippen molar-refractivity contribution in [1.29, 1.82) is 0 Å². The van der Waals surface area contributed by atoms with E-state index in [0.29, 0.717) is 5.57 Å². The Balaban J connectivity index is 5.11. The summed E-state index contributed by atoms with van der Waals surface area (Å²) in [7, 11) is 0. The largest absolute Gasteiger partial charge is 0.390 e. The van der Waals surface area contributed by atoms with E-state index in [9.17, 15) is 4.79 Å². The lowest BCUT2D eigenvalue weighted by atomic mass is 10.2. The molecule has 0 spiro atoms. The van der Waals surface area contributed by atoms with Gasteiger partial charge in [0.05, 0.1) is 0 Å². The van der Waals surface area contributed by atoms with Crippen molar-refractivity contribution in [3.63, 3.8) is 0 Å². The van der Waals surface area contributed by atoms with Crippen LogP contribution in [0.5, 0.6) is 0 Å². The molecule has 0 atom stereocenters. The normalized spacial score (nSPS) is 12.5. The summed E-state index contributed by atoms with van der Waals surface area (Å²) >= 11 is 0. The summed E-state index contributed by atoms with van der Waals surface area (Å²) in [5.41, 5.74) is 2.79. The predicted molar refractivity (Wildman–Crippen MR) is 77.9 cm³/mol. The highest BCUT2D eigenvalue weighted by molar-refractivity contribution is 5.74. The van der Waals surface area contributed by atoms with Gasteiger partial charge in [0.25, 0.3) is 0 Å². The standard InChI is InChI=1S/C15H24N2O/c1-6-13(4)11-17(10-9-16-8-3)15(7-2)14(5)12-18/h7-8,11-12,16H,2-3,6,9-10H2,1,4-5H3/b13-11+,15-14-. The zero-order chi connectivity index (χ0) is 14.0. The van der Waals surface area contributed by atoms with Gasteiger partial charge in [-0.2, -0.15) is 0 Å². The van der Waals surface area contributed by atoms with Crippen molar-refractivity contribution in [2.45, 2.75) is 27.2 Å². The van der Waals surface area contributed by atoms with Gasteiger partial charge in [-0.05, 0) is 32.5 Å². The fourth-order valence-corrected chi connectivity index (χ4v) is 1.46. The van der Waals surface area contributed by atoms with Crippen LogP contribution in [0.3, 0.4) is 0 Å². The van der Waals surface area contributed by atoms with E-state index >= 15 is 0 Å². The molecule has 0 fully saturated rings. The van der Waals surface area contributed by atoms with Gasteiger partial charge in [0, 0.05) is 30.6 Å². The molecule has 0 aromatic rings. The van der Waals surface area contributed by atoms with Gasteiger partial charge >= 0.3 is 0 Å². The number of hydrogen-bond acceptors (Lipinski definition) is 3. The Morgan fingerprint density at radius 3 is 2.44 bits per heavy atom. The van der Waals surface area contributed by atoms with Crippen LogP contribution in [0, 0.1) is 0 Å². The van der Waals surface area contributed by atoms with E-state index in [1.54, 1.807) is 19.2 Å². The lowest BCUT2D eigenvalue weighted by molar-refractivity contribution is -0.105. The fourth-order valence-electron chi connectivity index (χ4n) is 1.46. The molecule has 0 bridgehead atoms. The van der Waals surface area contributed by atoms with Gasteiger partial charge < -0.3 is 10.2 Å². The van der Waals surface area contributed by atoms with Crippen LogP contribution < -0.4 is 5.32 Å². The smallest absolute Gasteiger partial charge is 0.147 e. The van der Waals surface area contributed by atoms with E-state index in [1.807, 2.05) is 4.90 Å². The molecule has 0 unspecified atom stereocenters. The highest BCUT2D eigenvalue weighted by Crippen LogP contribution is 2.13. The first-order valence-corrected chi connectivity index (χ1v) is 6.17. The maximum atomic E-state index is 10.9. The molecule has 1 N–H and O–H groups in total. The predicted octanol–water partition coefficient (Wildman–Crippen LogP) is 2.99. The van der Waals surface area contributed by atoms with Gasteiger partial charge in [0.1, 0.15) is 6.29 Å². The molecule has 3 heteroatoms. The van der Waals surface area contributed by atoms with E-state index < -0.39 is 0 Å². The first-order valence-electron chi connectivity index (χ1n) is 6.17. The summed E-state index contributed by atoms with van der Waals surface area (Å²) < 4.78 is 0. The lowest BCUT2D eigenvalue weighted by Crippen LogP contribution is -2.26. The summed E-state index contributed by atoms with van der Waals surface area (Å²) in [6.45, 7) is 14.9. The van der Waals surface area contributed by atoms with Crippen molar-refractivity contribution < 1.29 is 4.79 Å². The van der Waals surface area contributed by atoms with Crippen molar-refractivity contribution in [2.24, 2.45) is 0 Å². The van der Waals surface area contributed by atoms with Crippen LogP contribution in [-0.4, -0.2) is 24.3 Å². The van der Waals surface area contributed by atoms with Crippen LogP contribution in [0.15, 0.2) is 48.5 Å². The number of allylic oxidation sites excluding steroid dienone is 3. The summed E-state index contributed by atoms with van der Waals surface area (Å²) in [4.78, 5) is 13.0. The average molecular weight is 248 g/mol. The second-order valence-electron chi connectivity index (χ2n) is 4.07. The summed E-state index contributed by atoms with van der Waals surface area (Å²) in [5.74, 6) is 0. The zero-order valence-corrected chi connectivity index (χ0v) is 11.7. The maximum absolute atomic E-state index is 10.9. The molecular weight excluding hydrogens is 224 g/mol. The molecule has 18 heavy (non-hydrogen) atoms. The summed E-state index contributed by atoms with van der Waals surface area (Å²) in [5, 5.41) is 3.05. The van der Waals surface area contributed by atoms with Gasteiger partial charge in [-0.1, -0.05) is 25.7 Å². The van der Waals surface area contributed by atoms with Crippen LogP contribution in [0.25, 0.3) is 0 Å². The highest BCUT2D eigenvalue weighted by Gasteiger charge is 2.07. The number of nitrogens with one attached hydrogen (secondary N) is 1. The second kappa shape index (κ2) is 9.28. The maximum Gasteiger partial charge on any atom is 0.147 e. The van der Waals surface area contributed by atoms with E-state index in [-0.39, 0.29) is 0 Å². The molecule has 0 amide bonds. The Kier molecular flexibility index (Phi) is 8.37. The lowest BCUT2D eigenvalue weighted by Gasteiger charge is -2.23.